The summed E-state index contributed by atoms with van der Waals surface area (Å²) in [5, 5.41) is 10.3. The van der Waals surface area contributed by atoms with Crippen molar-refractivity contribution in [2.45, 2.75) is 34.9 Å². The molecule has 9 heteroatoms. The number of aliphatic imine (C=N–C) groups is 1. The SMILES string of the molecule is CCC(O)(c1cccc(Sc2ccc3c(c2)N2CC(=O)N=C2C=C3c2ccc(F)cc2)c1)C(F)(F)F. The molecule has 0 aliphatic carbocycles. The third kappa shape index (κ3) is 4.22. The number of alkyl halides is 3. The first kappa shape index (κ1) is 24.3. The molecule has 2 aliphatic rings. The smallest absolute Gasteiger partial charge is 0.376 e. The zero-order valence-electron chi connectivity index (χ0n) is 19.0. The van der Waals surface area contributed by atoms with E-state index < -0.39 is 18.2 Å². The van der Waals surface area contributed by atoms with Gasteiger partial charge < -0.3 is 10.0 Å². The summed E-state index contributed by atoms with van der Waals surface area (Å²) in [4.78, 5) is 19.2. The van der Waals surface area contributed by atoms with Gasteiger partial charge in [0.1, 0.15) is 18.2 Å². The first-order valence-electron chi connectivity index (χ1n) is 11.2. The van der Waals surface area contributed by atoms with Crippen molar-refractivity contribution in [3.63, 3.8) is 0 Å². The second kappa shape index (κ2) is 8.90. The topological polar surface area (TPSA) is 52.9 Å². The van der Waals surface area contributed by atoms with Crippen molar-refractivity contribution in [1.82, 2.24) is 0 Å². The van der Waals surface area contributed by atoms with Gasteiger partial charge in [-0.15, -0.1) is 0 Å². The number of aliphatic hydroxyl groups is 1. The predicted molar refractivity (Wildman–Crippen MR) is 131 cm³/mol. The molecule has 0 saturated carbocycles. The van der Waals surface area contributed by atoms with Crippen molar-refractivity contribution < 1.29 is 27.5 Å². The van der Waals surface area contributed by atoms with Gasteiger partial charge in [-0.25, -0.2) is 4.39 Å². The van der Waals surface area contributed by atoms with Crippen molar-refractivity contribution in [2.24, 2.45) is 4.99 Å². The van der Waals surface area contributed by atoms with Gasteiger partial charge in [0.2, 0.25) is 0 Å². The average Bonchev–Trinajstić information content (AvgIpc) is 3.23. The largest absolute Gasteiger partial charge is 0.421 e. The number of fused-ring (bicyclic) bond motifs is 3. The second-order valence-electron chi connectivity index (χ2n) is 8.54. The Hall–Kier alpha value is -3.43. The number of carbonyl (C=O) groups excluding carboxylic acids is 1. The molecule has 0 spiro atoms. The Kier molecular flexibility index (Phi) is 6.00. The van der Waals surface area contributed by atoms with E-state index in [0.717, 1.165) is 27.3 Å². The van der Waals surface area contributed by atoms with E-state index in [0.29, 0.717) is 10.7 Å². The highest BCUT2D eigenvalue weighted by molar-refractivity contribution is 7.99. The average molecular weight is 513 g/mol. The highest BCUT2D eigenvalue weighted by Gasteiger charge is 2.53. The molecule has 0 radical (unpaired) electrons. The molecule has 0 saturated heterocycles. The molecule has 0 bridgehead atoms. The van der Waals surface area contributed by atoms with E-state index >= 15 is 0 Å². The van der Waals surface area contributed by atoms with E-state index in [1.165, 1.54) is 49.0 Å². The molecule has 3 aromatic carbocycles. The number of amides is 1. The second-order valence-corrected chi connectivity index (χ2v) is 9.68. The van der Waals surface area contributed by atoms with Crippen molar-refractivity contribution in [1.29, 1.82) is 0 Å². The monoisotopic (exact) mass is 512 g/mol. The van der Waals surface area contributed by atoms with Crippen molar-refractivity contribution in [3.8, 4) is 0 Å². The molecule has 1 atom stereocenters. The molecule has 1 N–H and O–H groups in total. The van der Waals surface area contributed by atoms with Crippen LogP contribution in [0.1, 0.15) is 30.0 Å². The molecular weight excluding hydrogens is 492 g/mol. The Morgan fingerprint density at radius 1 is 1.03 bits per heavy atom. The van der Waals surface area contributed by atoms with Crippen LogP contribution in [0.4, 0.5) is 23.2 Å². The Bertz CT molecular complexity index is 1420. The fourth-order valence-corrected chi connectivity index (χ4v) is 5.29. The molecule has 184 valence electrons. The van der Waals surface area contributed by atoms with Gasteiger partial charge in [0.05, 0.1) is 5.69 Å². The van der Waals surface area contributed by atoms with Gasteiger partial charge in [-0.05, 0) is 65.6 Å². The minimum Gasteiger partial charge on any atom is -0.376 e. The quantitative estimate of drug-likeness (QED) is 0.406. The van der Waals surface area contributed by atoms with Gasteiger partial charge in [0, 0.05) is 15.4 Å². The summed E-state index contributed by atoms with van der Waals surface area (Å²) in [6, 6.07) is 17.4. The lowest BCUT2D eigenvalue weighted by atomic mass is 9.90. The molecule has 0 aromatic heterocycles. The number of benzene rings is 3. The molecule has 1 unspecified atom stereocenters. The van der Waals surface area contributed by atoms with Crippen LogP contribution in [0, 0.1) is 5.82 Å². The number of anilines is 1. The Labute approximate surface area is 209 Å². The predicted octanol–water partition coefficient (Wildman–Crippen LogP) is 6.33. The van der Waals surface area contributed by atoms with Crippen LogP contribution in [-0.4, -0.2) is 29.6 Å². The summed E-state index contributed by atoms with van der Waals surface area (Å²) in [5.74, 6) is -0.168. The third-order valence-electron chi connectivity index (χ3n) is 6.32. The summed E-state index contributed by atoms with van der Waals surface area (Å²) in [6.07, 6.45) is -3.52. The summed E-state index contributed by atoms with van der Waals surface area (Å²) in [6.45, 7) is 1.37. The normalized spacial score (nSPS) is 16.7. The van der Waals surface area contributed by atoms with Crippen molar-refractivity contribution in [2.75, 3.05) is 11.4 Å². The lowest BCUT2D eigenvalue weighted by Crippen LogP contribution is -2.41. The van der Waals surface area contributed by atoms with Crippen LogP contribution in [0.15, 0.2) is 87.6 Å². The molecule has 4 nitrogen and oxygen atoms in total. The van der Waals surface area contributed by atoms with Gasteiger partial charge in [-0.1, -0.05) is 49.0 Å². The van der Waals surface area contributed by atoms with Crippen LogP contribution < -0.4 is 4.90 Å². The lowest BCUT2D eigenvalue weighted by molar-refractivity contribution is -0.267. The first-order chi connectivity index (χ1) is 17.1. The summed E-state index contributed by atoms with van der Waals surface area (Å²) >= 11 is 1.25. The number of hydrogen-bond acceptors (Lipinski definition) is 4. The van der Waals surface area contributed by atoms with E-state index in [2.05, 4.69) is 4.99 Å². The van der Waals surface area contributed by atoms with Crippen LogP contribution in [0.5, 0.6) is 0 Å². The summed E-state index contributed by atoms with van der Waals surface area (Å²) < 4.78 is 54.2. The molecule has 3 aromatic rings. The van der Waals surface area contributed by atoms with Gasteiger partial charge in [-0.3, -0.25) is 4.79 Å². The maximum absolute atomic E-state index is 13.6. The highest BCUT2D eigenvalue weighted by Crippen LogP contribution is 2.44. The lowest BCUT2D eigenvalue weighted by Gasteiger charge is -2.30. The molecule has 2 heterocycles. The van der Waals surface area contributed by atoms with Gasteiger partial charge in [0.15, 0.2) is 5.60 Å². The van der Waals surface area contributed by atoms with Crippen molar-refractivity contribution in [3.05, 3.63) is 95.3 Å². The van der Waals surface area contributed by atoms with E-state index in [1.807, 2.05) is 18.2 Å². The van der Waals surface area contributed by atoms with Crippen molar-refractivity contribution >= 4 is 34.8 Å². The van der Waals surface area contributed by atoms with Gasteiger partial charge in [-0.2, -0.15) is 18.2 Å². The van der Waals surface area contributed by atoms with E-state index in [-0.39, 0.29) is 23.8 Å². The Morgan fingerprint density at radius 2 is 1.75 bits per heavy atom. The zero-order chi connectivity index (χ0) is 25.7. The number of amidine groups is 1. The van der Waals surface area contributed by atoms with Crippen LogP contribution in [0.2, 0.25) is 0 Å². The number of nitrogens with zero attached hydrogens (tertiary/aromatic N) is 2. The summed E-state index contributed by atoms with van der Waals surface area (Å²) in [7, 11) is 0. The summed E-state index contributed by atoms with van der Waals surface area (Å²) in [5.41, 5.74) is -0.0598. The Morgan fingerprint density at radius 3 is 2.44 bits per heavy atom. The maximum atomic E-state index is 13.6. The Balaban J connectivity index is 1.52. The number of hydrogen-bond donors (Lipinski definition) is 1. The van der Waals surface area contributed by atoms with Gasteiger partial charge in [0.25, 0.3) is 5.91 Å². The zero-order valence-corrected chi connectivity index (χ0v) is 19.8. The van der Waals surface area contributed by atoms with Gasteiger partial charge >= 0.3 is 6.18 Å². The van der Waals surface area contributed by atoms with E-state index in [1.54, 1.807) is 29.2 Å². The molecule has 36 heavy (non-hydrogen) atoms. The molecule has 0 fully saturated rings. The molecular formula is C27H20F4N2O2S. The molecule has 1 amide bonds. The van der Waals surface area contributed by atoms with Crippen LogP contribution >= 0.6 is 11.8 Å². The fourth-order valence-electron chi connectivity index (χ4n) is 4.38. The molecule has 5 rings (SSSR count). The van der Waals surface area contributed by atoms with Crippen LogP contribution in [0.3, 0.4) is 0 Å². The molecule has 2 aliphatic heterocycles. The van der Waals surface area contributed by atoms with E-state index in [9.17, 15) is 27.5 Å². The number of carbonyl (C=O) groups is 1. The standard InChI is InChI=1S/C27H20F4N2O2S/c1-2-26(35,27(29,30)31)17-4-3-5-19(12-17)36-20-10-11-21-22(16-6-8-18(28)9-7-16)14-24-32-25(34)15-33(24)23(21)13-20/h3-14,35H,2,15H2,1H3. The van der Waals surface area contributed by atoms with E-state index in [4.69, 9.17) is 0 Å². The maximum Gasteiger partial charge on any atom is 0.421 e. The number of halogens is 4. The third-order valence-corrected chi connectivity index (χ3v) is 7.30. The minimum absolute atomic E-state index is 0.0776. The van der Waals surface area contributed by atoms with Crippen LogP contribution in [-0.2, 0) is 10.4 Å². The number of rotatable bonds is 5. The van der Waals surface area contributed by atoms with Crippen LogP contribution in [0.25, 0.3) is 5.57 Å². The fraction of sp³-hybridized carbons (Fsp3) is 0.185. The highest BCUT2D eigenvalue weighted by atomic mass is 32.2. The minimum atomic E-state index is -4.81. The first-order valence-corrected chi connectivity index (χ1v) is 12.0.